The van der Waals surface area contributed by atoms with Crippen molar-refractivity contribution in [3.63, 3.8) is 0 Å². The van der Waals surface area contributed by atoms with E-state index in [1.807, 2.05) is 48.5 Å². The Kier molecular flexibility index (Phi) is 3.99. The van der Waals surface area contributed by atoms with Crippen molar-refractivity contribution in [1.29, 1.82) is 0 Å². The van der Waals surface area contributed by atoms with Crippen LogP contribution in [0.25, 0.3) is 22.4 Å². The van der Waals surface area contributed by atoms with E-state index in [2.05, 4.69) is 36.1 Å². The van der Waals surface area contributed by atoms with Gasteiger partial charge in [0.15, 0.2) is 5.82 Å². The molecule has 120 valence electrons. The topological polar surface area (TPSA) is 85.4 Å². The lowest BCUT2D eigenvalue weighted by atomic mass is 10.2. The van der Waals surface area contributed by atoms with Gasteiger partial charge in [0.25, 0.3) is 0 Å². The number of nitrogens with one attached hydrogen (secondary N) is 1. The minimum absolute atomic E-state index is 0.628. The first kappa shape index (κ1) is 15.2. The number of nitrogen functional groups attached to an aromatic ring is 1. The predicted molar refractivity (Wildman–Crippen MR) is 99.0 cm³/mol. The van der Waals surface area contributed by atoms with Crippen LogP contribution in [0, 0.1) is 0 Å². The molecule has 8 heteroatoms. The van der Waals surface area contributed by atoms with Gasteiger partial charge in [-0.15, -0.1) is 10.2 Å². The highest BCUT2D eigenvalue weighted by atomic mass is 79.9. The van der Waals surface area contributed by atoms with Gasteiger partial charge in [-0.3, -0.25) is 0 Å². The number of hydrogen-bond donors (Lipinski definition) is 2. The van der Waals surface area contributed by atoms with Crippen LogP contribution in [-0.2, 0) is 5.75 Å². The van der Waals surface area contributed by atoms with Crippen LogP contribution in [0.1, 0.15) is 5.82 Å². The van der Waals surface area contributed by atoms with Gasteiger partial charge in [0.05, 0.1) is 16.8 Å². The second-order valence-electron chi connectivity index (χ2n) is 5.18. The van der Waals surface area contributed by atoms with Gasteiger partial charge in [0, 0.05) is 10.0 Å². The fraction of sp³-hybridized carbons (Fsp3) is 0.0625. The van der Waals surface area contributed by atoms with Crippen molar-refractivity contribution in [3.05, 3.63) is 58.8 Å². The van der Waals surface area contributed by atoms with E-state index in [9.17, 15) is 0 Å². The maximum Gasteiger partial charge on any atom is 0.210 e. The Morgan fingerprint density at radius 2 is 2.00 bits per heavy atom. The highest BCUT2D eigenvalue weighted by molar-refractivity contribution is 9.10. The Morgan fingerprint density at radius 1 is 1.12 bits per heavy atom. The molecule has 0 spiro atoms. The van der Waals surface area contributed by atoms with Crippen LogP contribution in [0.5, 0.6) is 0 Å². The molecule has 4 aromatic rings. The zero-order chi connectivity index (χ0) is 16.5. The van der Waals surface area contributed by atoms with Gasteiger partial charge in [0.2, 0.25) is 5.16 Å². The lowest BCUT2D eigenvalue weighted by molar-refractivity contribution is 0.848. The van der Waals surface area contributed by atoms with Gasteiger partial charge in [-0.25, -0.2) is 9.66 Å². The molecule has 2 aromatic carbocycles. The summed E-state index contributed by atoms with van der Waals surface area (Å²) in [5.74, 6) is 8.30. The summed E-state index contributed by atoms with van der Waals surface area (Å²) in [4.78, 5) is 7.85. The molecule has 0 aliphatic heterocycles. The maximum atomic E-state index is 6.15. The first-order valence-electron chi connectivity index (χ1n) is 7.23. The van der Waals surface area contributed by atoms with Crippen LogP contribution < -0.4 is 5.84 Å². The first-order chi connectivity index (χ1) is 11.7. The smallest absolute Gasteiger partial charge is 0.210 e. The Hall–Kier alpha value is -2.32. The van der Waals surface area contributed by atoms with E-state index in [1.54, 1.807) is 0 Å². The quantitative estimate of drug-likeness (QED) is 0.403. The SMILES string of the molecule is Nn1c(SCc2nc3ccccc3[nH]2)nnc1-c1cccc(Br)c1. The third kappa shape index (κ3) is 2.90. The zero-order valence-corrected chi connectivity index (χ0v) is 14.9. The van der Waals surface area contributed by atoms with Gasteiger partial charge < -0.3 is 10.8 Å². The number of rotatable bonds is 4. The lowest BCUT2D eigenvalue weighted by Gasteiger charge is -2.03. The van der Waals surface area contributed by atoms with E-state index in [4.69, 9.17) is 5.84 Å². The monoisotopic (exact) mass is 400 g/mol. The molecule has 0 aliphatic rings. The van der Waals surface area contributed by atoms with Crippen LogP contribution in [0.4, 0.5) is 0 Å². The van der Waals surface area contributed by atoms with Crippen LogP contribution in [0.3, 0.4) is 0 Å². The number of benzene rings is 2. The number of aromatic nitrogens is 5. The fourth-order valence-electron chi connectivity index (χ4n) is 2.41. The molecule has 0 aliphatic carbocycles. The fourth-order valence-corrected chi connectivity index (χ4v) is 3.53. The molecule has 4 rings (SSSR count). The Morgan fingerprint density at radius 3 is 2.83 bits per heavy atom. The summed E-state index contributed by atoms with van der Waals surface area (Å²) in [5, 5.41) is 9.03. The minimum atomic E-state index is 0.628. The number of fused-ring (bicyclic) bond motifs is 1. The summed E-state index contributed by atoms with van der Waals surface area (Å²) in [6, 6.07) is 15.8. The number of nitrogens with two attached hydrogens (primary N) is 1. The molecule has 0 atom stereocenters. The summed E-state index contributed by atoms with van der Waals surface area (Å²) in [7, 11) is 0. The van der Waals surface area contributed by atoms with E-state index >= 15 is 0 Å². The van der Waals surface area contributed by atoms with Crippen molar-refractivity contribution in [2.24, 2.45) is 0 Å². The van der Waals surface area contributed by atoms with Gasteiger partial charge in [-0.1, -0.05) is 52.0 Å². The molecule has 0 unspecified atom stereocenters. The van der Waals surface area contributed by atoms with E-state index in [0.717, 1.165) is 26.9 Å². The number of para-hydroxylation sites is 2. The standard InChI is InChI=1S/C16H13BrN6S/c17-11-5-3-4-10(8-11)15-21-22-16(23(15)18)24-9-14-19-12-6-1-2-7-13(12)20-14/h1-8H,9,18H2,(H,19,20). The summed E-state index contributed by atoms with van der Waals surface area (Å²) < 4.78 is 2.48. The molecule has 2 aromatic heterocycles. The van der Waals surface area contributed by atoms with E-state index in [1.165, 1.54) is 16.4 Å². The van der Waals surface area contributed by atoms with Crippen LogP contribution >= 0.6 is 27.7 Å². The van der Waals surface area contributed by atoms with Crippen molar-refractivity contribution in [3.8, 4) is 11.4 Å². The molecule has 0 radical (unpaired) electrons. The third-order valence-corrected chi connectivity index (χ3v) is 4.97. The van der Waals surface area contributed by atoms with Crippen molar-refractivity contribution in [1.82, 2.24) is 24.8 Å². The molecule has 24 heavy (non-hydrogen) atoms. The summed E-state index contributed by atoms with van der Waals surface area (Å²) in [6.45, 7) is 0. The number of nitrogens with zero attached hydrogens (tertiary/aromatic N) is 4. The number of hydrogen-bond acceptors (Lipinski definition) is 5. The van der Waals surface area contributed by atoms with E-state index in [0.29, 0.717) is 16.7 Å². The highest BCUT2D eigenvalue weighted by Gasteiger charge is 2.13. The van der Waals surface area contributed by atoms with Crippen LogP contribution in [0.15, 0.2) is 58.2 Å². The number of aromatic amines is 1. The second-order valence-corrected chi connectivity index (χ2v) is 7.03. The predicted octanol–water partition coefficient (Wildman–Crippen LogP) is 3.59. The average molecular weight is 401 g/mol. The van der Waals surface area contributed by atoms with Crippen molar-refractivity contribution >= 4 is 38.7 Å². The van der Waals surface area contributed by atoms with Gasteiger partial charge >= 0.3 is 0 Å². The van der Waals surface area contributed by atoms with Crippen LogP contribution in [-0.4, -0.2) is 24.8 Å². The molecule has 6 nitrogen and oxygen atoms in total. The number of thioether (sulfide) groups is 1. The van der Waals surface area contributed by atoms with Gasteiger partial charge in [-0.2, -0.15) is 0 Å². The van der Waals surface area contributed by atoms with Crippen molar-refractivity contribution in [2.75, 3.05) is 5.84 Å². The summed E-state index contributed by atoms with van der Waals surface area (Å²) in [5.41, 5.74) is 2.89. The zero-order valence-electron chi connectivity index (χ0n) is 12.5. The Bertz CT molecular complexity index is 976. The molecular formula is C16H13BrN6S. The second kappa shape index (κ2) is 6.29. The third-order valence-electron chi connectivity index (χ3n) is 3.52. The molecule has 2 heterocycles. The largest absolute Gasteiger partial charge is 0.341 e. The Labute approximate surface area is 150 Å². The molecular weight excluding hydrogens is 388 g/mol. The molecule has 3 N–H and O–H groups in total. The first-order valence-corrected chi connectivity index (χ1v) is 9.01. The summed E-state index contributed by atoms with van der Waals surface area (Å²) >= 11 is 4.95. The highest BCUT2D eigenvalue weighted by Crippen LogP contribution is 2.25. The maximum absolute atomic E-state index is 6.15. The molecule has 0 saturated heterocycles. The van der Waals surface area contributed by atoms with Crippen molar-refractivity contribution in [2.45, 2.75) is 10.9 Å². The molecule has 0 fully saturated rings. The molecule has 0 bridgehead atoms. The summed E-state index contributed by atoms with van der Waals surface area (Å²) in [6.07, 6.45) is 0. The van der Waals surface area contributed by atoms with E-state index < -0.39 is 0 Å². The number of halogens is 1. The van der Waals surface area contributed by atoms with Gasteiger partial charge in [-0.05, 0) is 24.3 Å². The molecule has 0 amide bonds. The number of imidazole rings is 1. The molecule has 0 saturated carbocycles. The minimum Gasteiger partial charge on any atom is -0.341 e. The number of H-pyrrole nitrogens is 1. The Balaban J connectivity index is 1.55. The van der Waals surface area contributed by atoms with E-state index in [-0.39, 0.29) is 0 Å². The normalized spacial score (nSPS) is 11.2. The van der Waals surface area contributed by atoms with Gasteiger partial charge in [0.1, 0.15) is 5.82 Å². The van der Waals surface area contributed by atoms with Crippen LogP contribution in [0.2, 0.25) is 0 Å². The average Bonchev–Trinajstić information content (AvgIpc) is 3.16. The van der Waals surface area contributed by atoms with Crippen molar-refractivity contribution < 1.29 is 0 Å². The lowest BCUT2D eigenvalue weighted by Crippen LogP contribution is -2.11.